The maximum absolute atomic E-state index is 13.7. The molecule has 0 bridgehead atoms. The quantitative estimate of drug-likeness (QED) is 0.326. The van der Waals surface area contributed by atoms with Crippen molar-refractivity contribution in [1.29, 1.82) is 0 Å². The summed E-state index contributed by atoms with van der Waals surface area (Å²) in [6, 6.07) is 5.40. The summed E-state index contributed by atoms with van der Waals surface area (Å²) in [6.07, 6.45) is 5.91. The monoisotopic (exact) mass is 561 g/mol. The van der Waals surface area contributed by atoms with Crippen molar-refractivity contribution in [2.75, 3.05) is 67.8 Å². The molecule has 1 aromatic rings. The molecule has 1 aliphatic carbocycles. The Labute approximate surface area is 240 Å². The van der Waals surface area contributed by atoms with Crippen LogP contribution in [-0.4, -0.2) is 102 Å². The van der Waals surface area contributed by atoms with Crippen LogP contribution in [0.25, 0.3) is 0 Å². The first kappa shape index (κ1) is 32.2. The van der Waals surface area contributed by atoms with Crippen molar-refractivity contribution < 1.29 is 28.5 Å². The van der Waals surface area contributed by atoms with E-state index in [1.807, 2.05) is 16.8 Å². The highest BCUT2D eigenvalue weighted by atomic mass is 16.5. The van der Waals surface area contributed by atoms with Crippen LogP contribution in [0.3, 0.4) is 0 Å². The van der Waals surface area contributed by atoms with Crippen LogP contribution in [0.2, 0.25) is 0 Å². The maximum Gasteiger partial charge on any atom is 0.254 e. The summed E-state index contributed by atoms with van der Waals surface area (Å²) in [6.45, 7) is 8.20. The summed E-state index contributed by atoms with van der Waals surface area (Å²) in [5.74, 6) is 2.37. The average Bonchev–Trinajstić information content (AvgIpc) is 3.40. The first-order valence-electron chi connectivity index (χ1n) is 14.9. The maximum atomic E-state index is 13.7. The zero-order chi connectivity index (χ0) is 29.1. The van der Waals surface area contributed by atoms with Gasteiger partial charge in [-0.15, -0.1) is 0 Å². The molecule has 2 atom stereocenters. The second-order valence-corrected chi connectivity index (χ2v) is 11.6. The highest BCUT2D eigenvalue weighted by Gasteiger charge is 2.33. The third-order valence-electron chi connectivity index (χ3n) is 8.48. The van der Waals surface area contributed by atoms with E-state index in [9.17, 15) is 9.59 Å². The molecule has 1 aromatic carbocycles. The number of hydrogen-bond acceptors (Lipinski definition) is 7. The third-order valence-corrected chi connectivity index (χ3v) is 8.48. The van der Waals surface area contributed by atoms with Gasteiger partial charge < -0.3 is 34.1 Å². The van der Waals surface area contributed by atoms with Crippen LogP contribution in [0.5, 0.6) is 11.5 Å². The fraction of sp³-hybridized carbons (Fsp3) is 0.742. The molecular formula is C31H51N3O6. The lowest BCUT2D eigenvalue weighted by Gasteiger charge is -2.33. The van der Waals surface area contributed by atoms with Crippen molar-refractivity contribution in [3.8, 4) is 11.5 Å². The van der Waals surface area contributed by atoms with Gasteiger partial charge in [-0.05, 0) is 75.5 Å². The zero-order valence-electron chi connectivity index (χ0n) is 25.4. The molecule has 9 heteroatoms. The second-order valence-electron chi connectivity index (χ2n) is 11.6. The van der Waals surface area contributed by atoms with E-state index in [1.165, 1.54) is 0 Å². The van der Waals surface area contributed by atoms with Crippen LogP contribution >= 0.6 is 0 Å². The van der Waals surface area contributed by atoms with Gasteiger partial charge in [-0.2, -0.15) is 0 Å². The first-order chi connectivity index (χ1) is 19.3. The molecule has 2 fully saturated rings. The number of benzene rings is 1. The minimum atomic E-state index is -0.0267. The standard InChI is InChI=1S/C31H51N3O6/c1-22(2)34(31(36)24-10-13-28(39-6)29(17-24)40-15-7-14-37-4)21-26-19-32-18-25(26)20-33(3)30(35)16-23-8-11-27(38-5)12-9-23/h10,13,17,22-23,25-27,32H,7-9,11-12,14-16,18-21H2,1-6H3/t23?,25?,26-,27?/m0/s1. The zero-order valence-corrected chi connectivity index (χ0v) is 25.4. The molecule has 3 rings (SSSR count). The molecule has 0 aromatic heterocycles. The van der Waals surface area contributed by atoms with Crippen molar-refractivity contribution >= 4 is 11.8 Å². The number of amides is 2. The summed E-state index contributed by atoms with van der Waals surface area (Å²) in [7, 11) is 6.96. The summed E-state index contributed by atoms with van der Waals surface area (Å²) in [4.78, 5) is 30.6. The van der Waals surface area contributed by atoms with E-state index in [0.29, 0.717) is 67.7 Å². The van der Waals surface area contributed by atoms with E-state index in [2.05, 4.69) is 19.2 Å². The highest BCUT2D eigenvalue weighted by molar-refractivity contribution is 5.95. The fourth-order valence-corrected chi connectivity index (χ4v) is 5.90. The Morgan fingerprint density at radius 3 is 2.30 bits per heavy atom. The molecule has 9 nitrogen and oxygen atoms in total. The van der Waals surface area contributed by atoms with Gasteiger partial charge in [-0.25, -0.2) is 0 Å². The first-order valence-corrected chi connectivity index (χ1v) is 14.9. The molecule has 0 spiro atoms. The number of nitrogens with zero attached hydrogens (tertiary/aromatic N) is 2. The van der Waals surface area contributed by atoms with Gasteiger partial charge in [-0.3, -0.25) is 9.59 Å². The average molecular weight is 562 g/mol. The molecule has 1 heterocycles. The largest absolute Gasteiger partial charge is 0.493 e. The summed E-state index contributed by atoms with van der Waals surface area (Å²) >= 11 is 0. The lowest BCUT2D eigenvalue weighted by Crippen LogP contribution is -2.44. The van der Waals surface area contributed by atoms with Gasteiger partial charge in [0, 0.05) is 78.5 Å². The third kappa shape index (κ3) is 9.08. The van der Waals surface area contributed by atoms with Crippen molar-refractivity contribution in [1.82, 2.24) is 15.1 Å². The number of methoxy groups -OCH3 is 3. The minimum Gasteiger partial charge on any atom is -0.493 e. The molecular weight excluding hydrogens is 510 g/mol. The van der Waals surface area contributed by atoms with E-state index in [1.54, 1.807) is 39.5 Å². The van der Waals surface area contributed by atoms with Crippen molar-refractivity contribution in [3.05, 3.63) is 23.8 Å². The lowest BCUT2D eigenvalue weighted by atomic mass is 9.85. The number of carbonyl (C=O) groups is 2. The van der Waals surface area contributed by atoms with Crippen molar-refractivity contribution in [2.45, 2.75) is 64.5 Å². The molecule has 2 aliphatic rings. The van der Waals surface area contributed by atoms with Gasteiger partial charge in [0.15, 0.2) is 11.5 Å². The van der Waals surface area contributed by atoms with Gasteiger partial charge in [0.05, 0.1) is 19.8 Å². The number of hydrogen-bond donors (Lipinski definition) is 1. The lowest BCUT2D eigenvalue weighted by molar-refractivity contribution is -0.132. The SMILES string of the molecule is COCCCOc1cc(C(=O)N(C[C@@H]2CNCC2CN(C)C(=O)CC2CCC(OC)CC2)C(C)C)ccc1OC. The number of carbonyl (C=O) groups excluding carboxylic acids is 2. The predicted octanol–water partition coefficient (Wildman–Crippen LogP) is 3.85. The molecule has 1 saturated carbocycles. The summed E-state index contributed by atoms with van der Waals surface area (Å²) in [5, 5.41) is 3.50. The Bertz CT molecular complexity index is 934. The normalized spacial score (nSPS) is 22.8. The van der Waals surface area contributed by atoms with Crippen LogP contribution in [-0.2, 0) is 14.3 Å². The highest BCUT2D eigenvalue weighted by Crippen LogP contribution is 2.31. The van der Waals surface area contributed by atoms with Crippen LogP contribution in [0.4, 0.5) is 0 Å². The Morgan fingerprint density at radius 2 is 1.68 bits per heavy atom. The van der Waals surface area contributed by atoms with Crippen LogP contribution in [0, 0.1) is 17.8 Å². The van der Waals surface area contributed by atoms with Gasteiger partial charge in [0.25, 0.3) is 5.91 Å². The van der Waals surface area contributed by atoms with E-state index < -0.39 is 0 Å². The number of ether oxygens (including phenoxy) is 4. The second kappa shape index (κ2) is 16.2. The topological polar surface area (TPSA) is 89.6 Å². The van der Waals surface area contributed by atoms with Crippen LogP contribution in [0.1, 0.15) is 62.7 Å². The molecule has 226 valence electrons. The summed E-state index contributed by atoms with van der Waals surface area (Å²) in [5.41, 5.74) is 0.578. The fourth-order valence-electron chi connectivity index (χ4n) is 5.90. The Morgan fingerprint density at radius 1 is 0.975 bits per heavy atom. The van der Waals surface area contributed by atoms with E-state index >= 15 is 0 Å². The molecule has 1 saturated heterocycles. The molecule has 1 aliphatic heterocycles. The molecule has 1 N–H and O–H groups in total. The van der Waals surface area contributed by atoms with Crippen molar-refractivity contribution in [3.63, 3.8) is 0 Å². The van der Waals surface area contributed by atoms with Crippen molar-refractivity contribution in [2.24, 2.45) is 17.8 Å². The van der Waals surface area contributed by atoms with E-state index in [0.717, 1.165) is 45.2 Å². The number of nitrogens with one attached hydrogen (secondary N) is 1. The number of rotatable bonds is 15. The van der Waals surface area contributed by atoms with E-state index in [-0.39, 0.29) is 23.8 Å². The molecule has 1 unspecified atom stereocenters. The molecule has 40 heavy (non-hydrogen) atoms. The van der Waals surface area contributed by atoms with Crippen LogP contribution < -0.4 is 14.8 Å². The summed E-state index contributed by atoms with van der Waals surface area (Å²) < 4.78 is 21.9. The van der Waals surface area contributed by atoms with Gasteiger partial charge in [-0.1, -0.05) is 0 Å². The Hall–Kier alpha value is -2.36. The predicted molar refractivity (Wildman–Crippen MR) is 156 cm³/mol. The Balaban J connectivity index is 1.60. The Kier molecular flexibility index (Phi) is 13.0. The molecule has 2 amide bonds. The molecule has 0 radical (unpaired) electrons. The van der Waals surface area contributed by atoms with E-state index in [4.69, 9.17) is 18.9 Å². The van der Waals surface area contributed by atoms with Gasteiger partial charge in [0.1, 0.15) is 0 Å². The minimum absolute atomic E-state index is 0.0267. The van der Waals surface area contributed by atoms with Gasteiger partial charge >= 0.3 is 0 Å². The smallest absolute Gasteiger partial charge is 0.254 e. The van der Waals surface area contributed by atoms with Gasteiger partial charge in [0.2, 0.25) is 5.91 Å². The van der Waals surface area contributed by atoms with Crippen LogP contribution in [0.15, 0.2) is 18.2 Å².